The smallest absolute Gasteiger partial charge is 0.333 e. The van der Waals surface area contributed by atoms with Crippen LogP contribution in [-0.2, 0) is 15.8 Å². The zero-order valence-corrected chi connectivity index (χ0v) is 10.8. The minimum absolute atomic E-state index is 0.192. The molecule has 114 valence electrons. The van der Waals surface area contributed by atoms with E-state index in [2.05, 4.69) is 5.32 Å². The van der Waals surface area contributed by atoms with Gasteiger partial charge in [-0.2, -0.15) is 13.2 Å². The van der Waals surface area contributed by atoms with Crippen molar-refractivity contribution < 1.29 is 22.8 Å². The first-order valence-electron chi connectivity index (χ1n) is 6.15. The Bertz CT molecular complexity index is 624. The highest BCUT2D eigenvalue weighted by Crippen LogP contribution is 2.29. The number of amides is 2. The van der Waals surface area contributed by atoms with Gasteiger partial charge >= 0.3 is 6.18 Å². The summed E-state index contributed by atoms with van der Waals surface area (Å²) in [5, 5.41) is 2.09. The molecule has 1 aromatic heterocycles. The second-order valence-electron chi connectivity index (χ2n) is 4.60. The molecule has 1 saturated heterocycles. The summed E-state index contributed by atoms with van der Waals surface area (Å²) in [6.45, 7) is 0.139. The van der Waals surface area contributed by atoms with E-state index in [1.54, 1.807) is 0 Å². The molecule has 0 atom stereocenters. The molecule has 0 unspecified atom stereocenters. The fourth-order valence-electron chi connectivity index (χ4n) is 1.97. The van der Waals surface area contributed by atoms with Crippen LogP contribution in [0.25, 0.3) is 0 Å². The number of rotatable bonds is 3. The fraction of sp³-hybridized carbons (Fsp3) is 0.417. The second kappa shape index (κ2) is 5.58. The molecule has 1 aromatic rings. The molecule has 9 heteroatoms. The molecule has 0 spiro atoms. The van der Waals surface area contributed by atoms with E-state index in [1.165, 1.54) is 4.90 Å². The zero-order chi connectivity index (χ0) is 15.6. The first kappa shape index (κ1) is 15.1. The number of aromatic nitrogens is 1. The number of hydrogen-bond acceptors (Lipinski definition) is 3. The van der Waals surface area contributed by atoms with Gasteiger partial charge < -0.3 is 15.2 Å². The summed E-state index contributed by atoms with van der Waals surface area (Å²) in [6.07, 6.45) is -3.12. The summed E-state index contributed by atoms with van der Waals surface area (Å²) < 4.78 is 37.6. The Morgan fingerprint density at radius 1 is 1.38 bits per heavy atom. The van der Waals surface area contributed by atoms with Crippen LogP contribution in [0.15, 0.2) is 17.1 Å². The molecule has 2 rings (SSSR count). The Hall–Kier alpha value is -2.32. The first-order valence-corrected chi connectivity index (χ1v) is 6.15. The van der Waals surface area contributed by atoms with Gasteiger partial charge in [0.1, 0.15) is 5.69 Å². The number of aromatic amines is 1. The summed E-state index contributed by atoms with van der Waals surface area (Å²) in [6, 6.07) is 0.558. The zero-order valence-electron chi connectivity index (χ0n) is 10.8. The Morgan fingerprint density at radius 3 is 2.67 bits per heavy atom. The third-order valence-electron chi connectivity index (χ3n) is 3.01. The van der Waals surface area contributed by atoms with E-state index in [1.807, 2.05) is 4.98 Å². The van der Waals surface area contributed by atoms with Gasteiger partial charge in [0.15, 0.2) is 0 Å². The number of carbonyl (C=O) groups is 2. The molecule has 2 amide bonds. The Balaban J connectivity index is 2.10. The molecule has 2 N–H and O–H groups in total. The van der Waals surface area contributed by atoms with E-state index in [-0.39, 0.29) is 12.5 Å². The lowest BCUT2D eigenvalue weighted by Crippen LogP contribution is -2.35. The number of alkyl halides is 3. The minimum atomic E-state index is -4.63. The molecule has 2 heterocycles. The van der Waals surface area contributed by atoms with E-state index in [0.717, 1.165) is 0 Å². The molecular formula is C12H12F3N3O3. The largest absolute Gasteiger partial charge is 0.417 e. The predicted octanol–water partition coefficient (Wildman–Crippen LogP) is 0.955. The average Bonchev–Trinajstić information content (AvgIpc) is 2.76. The highest BCUT2D eigenvalue weighted by Gasteiger charge is 2.31. The molecule has 0 aliphatic carbocycles. The van der Waals surface area contributed by atoms with Crippen LogP contribution >= 0.6 is 0 Å². The van der Waals surface area contributed by atoms with E-state index in [4.69, 9.17) is 0 Å². The third-order valence-corrected chi connectivity index (χ3v) is 3.01. The maximum absolute atomic E-state index is 12.5. The third kappa shape index (κ3) is 3.61. The van der Waals surface area contributed by atoms with E-state index >= 15 is 0 Å². The van der Waals surface area contributed by atoms with Crippen LogP contribution in [0.3, 0.4) is 0 Å². The topological polar surface area (TPSA) is 82.3 Å². The number of halogens is 3. The summed E-state index contributed by atoms with van der Waals surface area (Å²) in [5.41, 5.74) is -2.42. The standard InChI is InChI=1S/C12H12F3N3O3/c13-12(14,15)7-4-8(11(21)16-5-7)17-9(19)6-18-3-1-2-10(18)20/h4-5H,1-3,6H2,(H,16,21)(H,17,19). The van der Waals surface area contributed by atoms with Crippen molar-refractivity contribution in [3.63, 3.8) is 0 Å². The van der Waals surface area contributed by atoms with Crippen molar-refractivity contribution in [2.75, 3.05) is 18.4 Å². The number of nitrogens with one attached hydrogen (secondary N) is 2. The van der Waals surface area contributed by atoms with Crippen LogP contribution in [0.5, 0.6) is 0 Å². The molecule has 1 aliphatic heterocycles. The van der Waals surface area contributed by atoms with Gasteiger partial charge in [0.25, 0.3) is 5.56 Å². The van der Waals surface area contributed by atoms with E-state index in [9.17, 15) is 27.6 Å². The molecule has 1 aliphatic rings. The SMILES string of the molecule is O=C(CN1CCCC1=O)Nc1cc(C(F)(F)F)c[nH]c1=O. The van der Waals surface area contributed by atoms with Crippen molar-refractivity contribution in [1.82, 2.24) is 9.88 Å². The number of nitrogens with zero attached hydrogens (tertiary/aromatic N) is 1. The van der Waals surface area contributed by atoms with Crippen LogP contribution in [-0.4, -0.2) is 34.8 Å². The summed E-state index contributed by atoms with van der Waals surface area (Å²) in [4.78, 5) is 37.7. The van der Waals surface area contributed by atoms with Gasteiger partial charge in [-0.3, -0.25) is 14.4 Å². The Morgan fingerprint density at radius 2 is 2.10 bits per heavy atom. The highest BCUT2D eigenvalue weighted by atomic mass is 19.4. The van der Waals surface area contributed by atoms with Gasteiger partial charge in [0.2, 0.25) is 11.8 Å². The van der Waals surface area contributed by atoms with Gasteiger partial charge in [-0.15, -0.1) is 0 Å². The van der Waals surface area contributed by atoms with Crippen molar-refractivity contribution in [1.29, 1.82) is 0 Å². The molecule has 0 radical (unpaired) electrons. The van der Waals surface area contributed by atoms with Gasteiger partial charge in [-0.25, -0.2) is 0 Å². The number of pyridine rings is 1. The maximum Gasteiger partial charge on any atom is 0.417 e. The lowest BCUT2D eigenvalue weighted by Gasteiger charge is -2.15. The number of anilines is 1. The molecule has 0 saturated carbocycles. The summed E-state index contributed by atoms with van der Waals surface area (Å²) in [5.74, 6) is -0.904. The van der Waals surface area contributed by atoms with Crippen LogP contribution in [0, 0.1) is 0 Å². The second-order valence-corrected chi connectivity index (χ2v) is 4.60. The molecular weight excluding hydrogens is 291 g/mol. The summed E-state index contributed by atoms with van der Waals surface area (Å²) >= 11 is 0. The van der Waals surface area contributed by atoms with Crippen molar-refractivity contribution in [3.8, 4) is 0 Å². The Kier molecular flexibility index (Phi) is 4.01. The lowest BCUT2D eigenvalue weighted by atomic mass is 10.2. The van der Waals surface area contributed by atoms with E-state index < -0.39 is 28.9 Å². The summed E-state index contributed by atoms with van der Waals surface area (Å²) in [7, 11) is 0. The van der Waals surface area contributed by atoms with Crippen molar-refractivity contribution in [2.45, 2.75) is 19.0 Å². The van der Waals surface area contributed by atoms with Crippen LogP contribution in [0.4, 0.5) is 18.9 Å². The van der Waals surface area contributed by atoms with Gasteiger partial charge in [0, 0.05) is 19.2 Å². The van der Waals surface area contributed by atoms with Gasteiger partial charge in [0.05, 0.1) is 12.1 Å². The fourth-order valence-corrected chi connectivity index (χ4v) is 1.97. The van der Waals surface area contributed by atoms with Crippen LogP contribution in [0.1, 0.15) is 18.4 Å². The highest BCUT2D eigenvalue weighted by molar-refractivity contribution is 5.94. The number of likely N-dealkylation sites (tertiary alicyclic amines) is 1. The first-order chi connectivity index (χ1) is 9.77. The van der Waals surface area contributed by atoms with Crippen molar-refractivity contribution in [2.24, 2.45) is 0 Å². The average molecular weight is 303 g/mol. The van der Waals surface area contributed by atoms with Crippen molar-refractivity contribution in [3.05, 3.63) is 28.2 Å². The lowest BCUT2D eigenvalue weighted by molar-refractivity contribution is -0.137. The van der Waals surface area contributed by atoms with Crippen LogP contribution in [0.2, 0.25) is 0 Å². The van der Waals surface area contributed by atoms with Gasteiger partial charge in [-0.05, 0) is 12.5 Å². The quantitative estimate of drug-likeness (QED) is 0.872. The monoisotopic (exact) mass is 303 g/mol. The molecule has 6 nitrogen and oxygen atoms in total. The molecule has 1 fully saturated rings. The molecule has 21 heavy (non-hydrogen) atoms. The number of hydrogen-bond donors (Lipinski definition) is 2. The molecule has 0 bridgehead atoms. The normalized spacial score (nSPS) is 15.4. The maximum atomic E-state index is 12.5. The number of H-pyrrole nitrogens is 1. The van der Waals surface area contributed by atoms with E-state index in [0.29, 0.717) is 31.6 Å². The molecule has 0 aromatic carbocycles. The van der Waals surface area contributed by atoms with Crippen LogP contribution < -0.4 is 10.9 Å². The minimum Gasteiger partial charge on any atom is -0.333 e. The van der Waals surface area contributed by atoms with Gasteiger partial charge in [-0.1, -0.05) is 0 Å². The Labute approximate surface area is 116 Å². The van der Waals surface area contributed by atoms with Crippen molar-refractivity contribution >= 4 is 17.5 Å². The number of carbonyl (C=O) groups excluding carboxylic acids is 2. The predicted molar refractivity (Wildman–Crippen MR) is 66.5 cm³/mol.